The summed E-state index contributed by atoms with van der Waals surface area (Å²) in [5, 5.41) is 5.31. The molecule has 42 heavy (non-hydrogen) atoms. The number of benzene rings is 3. The zero-order valence-electron chi connectivity index (χ0n) is 28.4. The molecule has 1 aliphatic carbocycles. The summed E-state index contributed by atoms with van der Waals surface area (Å²) in [6.45, 7) is 35.5. The molecule has 0 bridgehead atoms. The Morgan fingerprint density at radius 1 is 0.429 bits per heavy atom. The topological polar surface area (TPSA) is 0 Å². The predicted octanol–water partition coefficient (Wildman–Crippen LogP) is 12.6. The molecule has 0 amide bonds. The van der Waals surface area contributed by atoms with Crippen LogP contribution < -0.4 is 0 Å². The Hall–Kier alpha value is -2.68. The first-order valence-corrected chi connectivity index (χ1v) is 17.1. The van der Waals surface area contributed by atoms with Crippen molar-refractivity contribution >= 4 is 33.4 Å². The second-order valence-electron chi connectivity index (χ2n) is 13.7. The molecule has 1 aliphatic rings. The van der Waals surface area contributed by atoms with Crippen LogP contribution in [0.5, 0.6) is 0 Å². The fourth-order valence-corrected chi connectivity index (χ4v) is 10.8. The van der Waals surface area contributed by atoms with Crippen molar-refractivity contribution in [3.05, 3.63) is 88.1 Å². The van der Waals surface area contributed by atoms with Gasteiger partial charge in [-0.3, -0.25) is 0 Å². The molecule has 0 N–H and O–H groups in total. The van der Waals surface area contributed by atoms with Crippen LogP contribution in [0.25, 0.3) is 42.8 Å². The Morgan fingerprint density at radius 2 is 0.929 bits per heavy atom. The largest absolute Gasteiger partial charge is 0.143 e. The van der Waals surface area contributed by atoms with Gasteiger partial charge in [-0.2, -0.15) is 0 Å². The molecule has 0 nitrogen and oxygen atoms in total. The molecular weight excluding hydrogens is 545 g/mol. The van der Waals surface area contributed by atoms with Gasteiger partial charge in [0.25, 0.3) is 0 Å². The number of hydrogen-bond donors (Lipinski definition) is 0. The monoisotopic (exact) mass is 590 g/mol. The van der Waals surface area contributed by atoms with E-state index in [1.54, 1.807) is 0 Å². The van der Waals surface area contributed by atoms with Crippen LogP contribution in [-0.2, 0) is 5.41 Å². The highest BCUT2D eigenvalue weighted by atomic mass is 32.1. The van der Waals surface area contributed by atoms with Gasteiger partial charge in [-0.15, -0.1) is 22.7 Å². The highest BCUT2D eigenvalue weighted by molar-refractivity contribution is 7.16. The summed E-state index contributed by atoms with van der Waals surface area (Å²) in [6.07, 6.45) is 0. The van der Waals surface area contributed by atoms with Crippen LogP contribution in [0.1, 0.15) is 96.6 Å². The fourth-order valence-electron chi connectivity index (χ4n) is 8.32. The summed E-state index contributed by atoms with van der Waals surface area (Å²) >= 11 is 3.91. The standard InChI is InChI=1S/C40H46S2/c1-17-16-41-38(18(17)2)34-28(12)37-35(32-23(7)20(4)19(3)22(6)31(32)34)33-25(9)24(8)30(27(11)36(33)40(37,14)15)39-26(10)21(5)29(13)42-39/h16H,1-15H3. The quantitative estimate of drug-likeness (QED) is 0.192. The summed E-state index contributed by atoms with van der Waals surface area (Å²) in [4.78, 5) is 4.34. The van der Waals surface area contributed by atoms with Gasteiger partial charge in [-0.1, -0.05) is 13.8 Å². The van der Waals surface area contributed by atoms with E-state index in [9.17, 15) is 0 Å². The molecule has 0 unspecified atom stereocenters. The van der Waals surface area contributed by atoms with Crippen molar-refractivity contribution in [3.63, 3.8) is 0 Å². The highest BCUT2D eigenvalue weighted by Gasteiger charge is 2.43. The molecule has 0 saturated carbocycles. The van der Waals surface area contributed by atoms with E-state index in [-0.39, 0.29) is 5.41 Å². The Balaban J connectivity index is 1.88. The second kappa shape index (κ2) is 9.41. The van der Waals surface area contributed by atoms with Gasteiger partial charge in [0, 0.05) is 25.6 Å². The van der Waals surface area contributed by atoms with Crippen LogP contribution in [0.4, 0.5) is 0 Å². The van der Waals surface area contributed by atoms with Crippen molar-refractivity contribution in [2.75, 3.05) is 0 Å². The fraction of sp³-hybridized carbons (Fsp3) is 0.400. The molecule has 0 spiro atoms. The van der Waals surface area contributed by atoms with Gasteiger partial charge in [0.05, 0.1) is 0 Å². The van der Waals surface area contributed by atoms with Gasteiger partial charge < -0.3 is 0 Å². The Kier molecular flexibility index (Phi) is 6.58. The van der Waals surface area contributed by atoms with Crippen LogP contribution >= 0.6 is 22.7 Å². The number of fused-ring (bicyclic) bond motifs is 5. The van der Waals surface area contributed by atoms with Crippen LogP contribution in [0, 0.1) is 90.0 Å². The lowest BCUT2D eigenvalue weighted by Crippen LogP contribution is -2.19. The summed E-state index contributed by atoms with van der Waals surface area (Å²) in [5.41, 5.74) is 26.2. The molecule has 5 aromatic rings. The minimum absolute atomic E-state index is 0.108. The highest BCUT2D eigenvalue weighted by Crippen LogP contribution is 2.60. The lowest BCUT2D eigenvalue weighted by Gasteiger charge is -2.29. The van der Waals surface area contributed by atoms with E-state index in [0.29, 0.717) is 0 Å². The van der Waals surface area contributed by atoms with E-state index in [4.69, 9.17) is 0 Å². The summed E-state index contributed by atoms with van der Waals surface area (Å²) < 4.78 is 0. The lowest BCUT2D eigenvalue weighted by molar-refractivity contribution is 0.651. The maximum atomic E-state index is 2.50. The molecule has 2 aromatic heterocycles. The zero-order valence-corrected chi connectivity index (χ0v) is 30.0. The molecule has 0 aliphatic heterocycles. The van der Waals surface area contributed by atoms with Crippen LogP contribution in [0.2, 0.25) is 0 Å². The van der Waals surface area contributed by atoms with Crippen molar-refractivity contribution < 1.29 is 0 Å². The molecule has 2 heteroatoms. The van der Waals surface area contributed by atoms with Crippen molar-refractivity contribution in [2.45, 2.75) is 109 Å². The lowest BCUT2D eigenvalue weighted by atomic mass is 9.74. The Labute approximate surface area is 261 Å². The molecule has 2 heterocycles. The molecule has 218 valence electrons. The molecular formula is C40H46S2. The van der Waals surface area contributed by atoms with E-state index >= 15 is 0 Å². The predicted molar refractivity (Wildman–Crippen MR) is 190 cm³/mol. The van der Waals surface area contributed by atoms with Gasteiger partial charge >= 0.3 is 0 Å². The first kappa shape index (κ1) is 29.4. The molecule has 0 atom stereocenters. The van der Waals surface area contributed by atoms with Crippen molar-refractivity contribution in [3.8, 4) is 32.0 Å². The van der Waals surface area contributed by atoms with Gasteiger partial charge in [-0.05, 0) is 201 Å². The van der Waals surface area contributed by atoms with Crippen LogP contribution in [-0.4, -0.2) is 0 Å². The van der Waals surface area contributed by atoms with E-state index in [0.717, 1.165) is 0 Å². The summed E-state index contributed by atoms with van der Waals surface area (Å²) in [7, 11) is 0. The number of hydrogen-bond acceptors (Lipinski definition) is 2. The second-order valence-corrected chi connectivity index (χ2v) is 15.8. The zero-order chi connectivity index (χ0) is 30.9. The van der Waals surface area contributed by atoms with Gasteiger partial charge in [0.1, 0.15) is 0 Å². The normalized spacial score (nSPS) is 13.8. The molecule has 0 saturated heterocycles. The average molecular weight is 591 g/mol. The van der Waals surface area contributed by atoms with Crippen molar-refractivity contribution in [1.29, 1.82) is 0 Å². The molecule has 3 aromatic carbocycles. The summed E-state index contributed by atoms with van der Waals surface area (Å²) in [5.74, 6) is 0. The third kappa shape index (κ3) is 3.52. The summed E-state index contributed by atoms with van der Waals surface area (Å²) in [6, 6.07) is 0. The SMILES string of the molecule is Cc1csc(-c2c(C)c3c(c4c(C)c(C)c(C)c(C)c24)-c2c(C)c(C)c(-c4sc(C)c(C)c4C)c(C)c2C3(C)C)c1C. The van der Waals surface area contributed by atoms with Gasteiger partial charge in [0.15, 0.2) is 0 Å². The maximum Gasteiger partial charge on any atom is 0.0383 e. The smallest absolute Gasteiger partial charge is 0.0383 e. The van der Waals surface area contributed by atoms with Crippen molar-refractivity contribution in [1.82, 2.24) is 0 Å². The van der Waals surface area contributed by atoms with E-state index < -0.39 is 0 Å². The third-order valence-electron chi connectivity index (χ3n) is 11.4. The van der Waals surface area contributed by atoms with E-state index in [1.807, 2.05) is 22.7 Å². The molecule has 6 rings (SSSR count). The van der Waals surface area contributed by atoms with Crippen LogP contribution in [0.3, 0.4) is 0 Å². The number of aryl methyl sites for hydroxylation is 4. The Bertz CT molecular complexity index is 2020. The van der Waals surface area contributed by atoms with Gasteiger partial charge in [-0.25, -0.2) is 0 Å². The minimum Gasteiger partial charge on any atom is -0.143 e. The number of rotatable bonds is 2. The van der Waals surface area contributed by atoms with E-state index in [2.05, 4.69) is 109 Å². The van der Waals surface area contributed by atoms with E-state index in [1.165, 1.54) is 126 Å². The van der Waals surface area contributed by atoms with Crippen molar-refractivity contribution in [2.24, 2.45) is 0 Å². The molecule has 0 radical (unpaired) electrons. The first-order valence-electron chi connectivity index (χ1n) is 15.4. The first-order chi connectivity index (χ1) is 19.5. The van der Waals surface area contributed by atoms with Crippen LogP contribution in [0.15, 0.2) is 5.38 Å². The Morgan fingerprint density at radius 3 is 1.43 bits per heavy atom. The minimum atomic E-state index is -0.108. The molecule has 0 fully saturated rings. The third-order valence-corrected chi connectivity index (χ3v) is 14.0. The van der Waals surface area contributed by atoms with Gasteiger partial charge in [0.2, 0.25) is 0 Å². The maximum absolute atomic E-state index is 2.50. The average Bonchev–Trinajstić information content (AvgIpc) is 3.49. The number of thiophene rings is 2.